The fourth-order valence-corrected chi connectivity index (χ4v) is 1.79. The summed E-state index contributed by atoms with van der Waals surface area (Å²) in [6, 6.07) is 12.0. The van der Waals surface area contributed by atoms with Gasteiger partial charge >= 0.3 is 0 Å². The molecular formula is C14H17NO. The average Bonchev–Trinajstić information content (AvgIpc) is 2.29. The molecule has 1 atom stereocenters. The van der Waals surface area contributed by atoms with Crippen molar-refractivity contribution >= 4 is 6.29 Å². The minimum Gasteiger partial charge on any atom is -0.303 e. The van der Waals surface area contributed by atoms with Crippen LogP contribution in [0.2, 0.25) is 0 Å². The molecular weight excluding hydrogens is 198 g/mol. The van der Waals surface area contributed by atoms with E-state index in [1.807, 2.05) is 51.1 Å². The van der Waals surface area contributed by atoms with Crippen molar-refractivity contribution in [3.05, 3.63) is 35.9 Å². The highest BCUT2D eigenvalue weighted by Crippen LogP contribution is 2.42. The van der Waals surface area contributed by atoms with Crippen LogP contribution in [0.25, 0.3) is 0 Å². The second-order valence-corrected chi connectivity index (χ2v) is 4.86. The van der Waals surface area contributed by atoms with Gasteiger partial charge in [-0.05, 0) is 17.9 Å². The summed E-state index contributed by atoms with van der Waals surface area (Å²) in [5.74, 6) is 0. The Labute approximate surface area is 96.9 Å². The van der Waals surface area contributed by atoms with Crippen LogP contribution in [0.15, 0.2) is 30.3 Å². The van der Waals surface area contributed by atoms with Crippen LogP contribution in [0.1, 0.15) is 32.8 Å². The monoisotopic (exact) mass is 215 g/mol. The summed E-state index contributed by atoms with van der Waals surface area (Å²) < 4.78 is 0. The van der Waals surface area contributed by atoms with Gasteiger partial charge in [0.1, 0.15) is 6.29 Å². The summed E-state index contributed by atoms with van der Waals surface area (Å²) in [5, 5.41) is 9.44. The Morgan fingerprint density at radius 1 is 1.25 bits per heavy atom. The van der Waals surface area contributed by atoms with Crippen LogP contribution in [-0.2, 0) is 10.2 Å². The maximum atomic E-state index is 10.7. The molecule has 0 N–H and O–H groups in total. The van der Waals surface area contributed by atoms with Crippen LogP contribution >= 0.6 is 0 Å². The SMILES string of the molecule is CC(C)(CC=O)[C@](C)(C#N)c1ccccc1. The third-order valence-corrected chi connectivity index (χ3v) is 3.52. The smallest absolute Gasteiger partial charge is 0.120 e. The number of hydrogen-bond donors (Lipinski definition) is 0. The van der Waals surface area contributed by atoms with E-state index in [1.54, 1.807) is 0 Å². The summed E-state index contributed by atoms with van der Waals surface area (Å²) >= 11 is 0. The van der Waals surface area contributed by atoms with Gasteiger partial charge in [0.15, 0.2) is 0 Å². The second kappa shape index (κ2) is 4.49. The number of hydrogen-bond acceptors (Lipinski definition) is 2. The number of rotatable bonds is 4. The number of carbonyl (C=O) groups excluding carboxylic acids is 1. The molecule has 0 unspecified atom stereocenters. The van der Waals surface area contributed by atoms with Gasteiger partial charge in [0.05, 0.1) is 11.5 Å². The van der Waals surface area contributed by atoms with E-state index in [9.17, 15) is 10.1 Å². The molecule has 0 spiro atoms. The zero-order chi connectivity index (χ0) is 12.2. The molecule has 2 nitrogen and oxygen atoms in total. The van der Waals surface area contributed by atoms with Crippen molar-refractivity contribution in [1.82, 2.24) is 0 Å². The van der Waals surface area contributed by atoms with E-state index >= 15 is 0 Å². The molecule has 0 radical (unpaired) electrons. The summed E-state index contributed by atoms with van der Waals surface area (Å²) in [4.78, 5) is 10.7. The van der Waals surface area contributed by atoms with E-state index in [1.165, 1.54) is 0 Å². The molecule has 0 aliphatic rings. The van der Waals surface area contributed by atoms with Crippen LogP contribution in [0.4, 0.5) is 0 Å². The Hall–Kier alpha value is -1.62. The Morgan fingerprint density at radius 2 is 1.81 bits per heavy atom. The Balaban J connectivity index is 3.23. The lowest BCUT2D eigenvalue weighted by Gasteiger charge is -2.38. The first-order valence-corrected chi connectivity index (χ1v) is 5.38. The largest absolute Gasteiger partial charge is 0.303 e. The van der Waals surface area contributed by atoms with Gasteiger partial charge in [-0.1, -0.05) is 44.2 Å². The second-order valence-electron chi connectivity index (χ2n) is 4.86. The molecule has 84 valence electrons. The highest BCUT2D eigenvalue weighted by molar-refractivity contribution is 5.52. The van der Waals surface area contributed by atoms with E-state index in [2.05, 4.69) is 6.07 Å². The molecule has 1 rings (SSSR count). The lowest BCUT2D eigenvalue weighted by molar-refractivity contribution is -0.110. The van der Waals surface area contributed by atoms with Crippen molar-refractivity contribution in [2.24, 2.45) is 5.41 Å². The normalized spacial score (nSPS) is 14.9. The maximum Gasteiger partial charge on any atom is 0.120 e. The molecule has 0 aliphatic heterocycles. The summed E-state index contributed by atoms with van der Waals surface area (Å²) in [6.45, 7) is 5.81. The van der Waals surface area contributed by atoms with E-state index in [0.29, 0.717) is 6.42 Å². The van der Waals surface area contributed by atoms with Crippen molar-refractivity contribution < 1.29 is 4.79 Å². The number of benzene rings is 1. The molecule has 2 heteroatoms. The average molecular weight is 215 g/mol. The van der Waals surface area contributed by atoms with Crippen LogP contribution in [-0.4, -0.2) is 6.29 Å². The fraction of sp³-hybridized carbons (Fsp3) is 0.429. The van der Waals surface area contributed by atoms with Gasteiger partial charge in [-0.2, -0.15) is 5.26 Å². The van der Waals surface area contributed by atoms with E-state index < -0.39 is 5.41 Å². The maximum absolute atomic E-state index is 10.7. The van der Waals surface area contributed by atoms with Crippen molar-refractivity contribution in [3.8, 4) is 6.07 Å². The Kier molecular flexibility index (Phi) is 3.49. The predicted molar refractivity (Wildman–Crippen MR) is 63.9 cm³/mol. The van der Waals surface area contributed by atoms with Crippen molar-refractivity contribution in [2.45, 2.75) is 32.6 Å². The molecule has 0 saturated carbocycles. The number of carbonyl (C=O) groups is 1. The van der Waals surface area contributed by atoms with E-state index in [-0.39, 0.29) is 5.41 Å². The van der Waals surface area contributed by atoms with Crippen LogP contribution in [0.3, 0.4) is 0 Å². The summed E-state index contributed by atoms with van der Waals surface area (Å²) in [7, 11) is 0. The van der Waals surface area contributed by atoms with Gasteiger partial charge in [-0.3, -0.25) is 0 Å². The molecule has 0 fully saturated rings. The first kappa shape index (κ1) is 12.4. The van der Waals surface area contributed by atoms with Crippen molar-refractivity contribution in [2.75, 3.05) is 0 Å². The van der Waals surface area contributed by atoms with Crippen molar-refractivity contribution in [1.29, 1.82) is 5.26 Å². The van der Waals surface area contributed by atoms with Crippen LogP contribution in [0.5, 0.6) is 0 Å². The third-order valence-electron chi connectivity index (χ3n) is 3.52. The summed E-state index contributed by atoms with van der Waals surface area (Å²) in [5.41, 5.74) is -0.0515. The number of nitriles is 1. The minimum atomic E-state index is -0.644. The standard InChI is InChI=1S/C14H17NO/c1-13(2,9-10-16)14(3,11-15)12-7-5-4-6-8-12/h4-8,10H,9H2,1-3H3/t14-/m1/s1. The molecule has 16 heavy (non-hydrogen) atoms. The molecule has 0 saturated heterocycles. The van der Waals surface area contributed by atoms with Gasteiger partial charge in [0.25, 0.3) is 0 Å². The van der Waals surface area contributed by atoms with Gasteiger partial charge in [0, 0.05) is 6.42 Å². The van der Waals surface area contributed by atoms with Crippen LogP contribution in [0, 0.1) is 16.7 Å². The molecule has 1 aromatic rings. The number of aldehydes is 1. The van der Waals surface area contributed by atoms with Gasteiger partial charge in [-0.25, -0.2) is 0 Å². The Morgan fingerprint density at radius 3 is 2.25 bits per heavy atom. The summed E-state index contributed by atoms with van der Waals surface area (Å²) in [6.07, 6.45) is 1.27. The quantitative estimate of drug-likeness (QED) is 0.724. The van der Waals surface area contributed by atoms with Gasteiger partial charge in [-0.15, -0.1) is 0 Å². The topological polar surface area (TPSA) is 40.9 Å². The minimum absolute atomic E-state index is 0.370. The van der Waals surface area contributed by atoms with Crippen LogP contribution < -0.4 is 0 Å². The third kappa shape index (κ3) is 1.99. The molecule has 0 aliphatic carbocycles. The molecule has 0 bridgehead atoms. The zero-order valence-corrected chi connectivity index (χ0v) is 10.0. The highest BCUT2D eigenvalue weighted by atomic mass is 16.1. The molecule has 1 aromatic carbocycles. The predicted octanol–water partition coefficient (Wildman–Crippen LogP) is 3.08. The molecule has 0 aromatic heterocycles. The molecule has 0 amide bonds. The zero-order valence-electron chi connectivity index (χ0n) is 10.0. The lowest BCUT2D eigenvalue weighted by Crippen LogP contribution is -2.38. The lowest BCUT2D eigenvalue weighted by atomic mass is 9.62. The molecule has 0 heterocycles. The van der Waals surface area contributed by atoms with Gasteiger partial charge in [0.2, 0.25) is 0 Å². The fourth-order valence-electron chi connectivity index (χ4n) is 1.79. The number of nitrogens with zero attached hydrogens (tertiary/aromatic N) is 1. The van der Waals surface area contributed by atoms with E-state index in [4.69, 9.17) is 0 Å². The highest BCUT2D eigenvalue weighted by Gasteiger charge is 2.42. The first-order chi connectivity index (χ1) is 7.48. The van der Waals surface area contributed by atoms with Crippen molar-refractivity contribution in [3.63, 3.8) is 0 Å². The Bertz CT molecular complexity index is 402. The van der Waals surface area contributed by atoms with Gasteiger partial charge < -0.3 is 4.79 Å². The van der Waals surface area contributed by atoms with E-state index in [0.717, 1.165) is 11.8 Å². The first-order valence-electron chi connectivity index (χ1n) is 5.38.